The number of hydrogen-bond acceptors (Lipinski definition) is 4. The van der Waals surface area contributed by atoms with Crippen LogP contribution in [0.2, 0.25) is 0 Å². The largest absolute Gasteiger partial charge is 0.467 e. The summed E-state index contributed by atoms with van der Waals surface area (Å²) in [5.74, 6) is 0.975. The van der Waals surface area contributed by atoms with Gasteiger partial charge in [0.05, 0.1) is 19.0 Å². The number of aliphatic hydroxyl groups excluding tert-OH is 1. The number of methoxy groups -OCH3 is 1. The SMILES string of the molecule is COC1CCC(CC(=O)NC(CO)c2ccco2)CC1. The molecule has 1 amide bonds. The first kappa shape index (κ1) is 15.1. The fraction of sp³-hybridized carbons (Fsp3) is 0.667. The summed E-state index contributed by atoms with van der Waals surface area (Å²) in [6.07, 6.45) is 6.49. The lowest BCUT2D eigenvalue weighted by Gasteiger charge is -2.27. The van der Waals surface area contributed by atoms with E-state index in [0.717, 1.165) is 25.7 Å². The molecule has 112 valence electrons. The first-order valence-corrected chi connectivity index (χ1v) is 7.19. The van der Waals surface area contributed by atoms with E-state index in [9.17, 15) is 9.90 Å². The molecular weight excluding hydrogens is 258 g/mol. The second kappa shape index (κ2) is 7.45. The van der Waals surface area contributed by atoms with Gasteiger partial charge in [0, 0.05) is 13.5 Å². The molecule has 20 heavy (non-hydrogen) atoms. The Labute approximate surface area is 119 Å². The topological polar surface area (TPSA) is 71.7 Å². The van der Waals surface area contributed by atoms with Crippen molar-refractivity contribution in [2.45, 2.75) is 44.2 Å². The van der Waals surface area contributed by atoms with Crippen molar-refractivity contribution < 1.29 is 19.1 Å². The van der Waals surface area contributed by atoms with E-state index in [4.69, 9.17) is 9.15 Å². The summed E-state index contributed by atoms with van der Waals surface area (Å²) in [7, 11) is 1.74. The molecule has 0 saturated heterocycles. The highest BCUT2D eigenvalue weighted by molar-refractivity contribution is 5.76. The Bertz CT molecular complexity index is 396. The van der Waals surface area contributed by atoms with Crippen molar-refractivity contribution in [1.82, 2.24) is 5.32 Å². The molecule has 5 nitrogen and oxygen atoms in total. The summed E-state index contributed by atoms with van der Waals surface area (Å²) in [5, 5.41) is 12.2. The minimum atomic E-state index is -0.451. The molecule has 0 aliphatic heterocycles. The van der Waals surface area contributed by atoms with Gasteiger partial charge >= 0.3 is 0 Å². The van der Waals surface area contributed by atoms with Crippen LogP contribution in [0.3, 0.4) is 0 Å². The molecule has 1 aromatic heterocycles. The highest BCUT2D eigenvalue weighted by atomic mass is 16.5. The average Bonchev–Trinajstić information content (AvgIpc) is 2.99. The van der Waals surface area contributed by atoms with Crippen LogP contribution in [0.5, 0.6) is 0 Å². The van der Waals surface area contributed by atoms with Crippen LogP contribution in [0.25, 0.3) is 0 Å². The smallest absolute Gasteiger partial charge is 0.220 e. The Balaban J connectivity index is 1.77. The third kappa shape index (κ3) is 4.08. The Morgan fingerprint density at radius 2 is 2.25 bits per heavy atom. The number of furan rings is 1. The van der Waals surface area contributed by atoms with Crippen LogP contribution in [-0.2, 0) is 9.53 Å². The molecule has 1 atom stereocenters. The van der Waals surface area contributed by atoms with Gasteiger partial charge in [-0.25, -0.2) is 0 Å². The van der Waals surface area contributed by atoms with Crippen LogP contribution in [0, 0.1) is 5.92 Å². The maximum absolute atomic E-state index is 12.0. The van der Waals surface area contributed by atoms with Gasteiger partial charge in [-0.05, 0) is 43.7 Å². The molecule has 0 spiro atoms. The number of hydrogen-bond donors (Lipinski definition) is 2. The zero-order valence-corrected chi connectivity index (χ0v) is 11.9. The Morgan fingerprint density at radius 1 is 1.50 bits per heavy atom. The molecule has 1 aliphatic rings. The van der Waals surface area contributed by atoms with Gasteiger partial charge in [-0.15, -0.1) is 0 Å². The lowest BCUT2D eigenvalue weighted by Crippen LogP contribution is -2.33. The first-order chi connectivity index (χ1) is 9.72. The maximum Gasteiger partial charge on any atom is 0.220 e. The third-order valence-corrected chi connectivity index (χ3v) is 4.01. The molecule has 1 fully saturated rings. The van der Waals surface area contributed by atoms with E-state index in [1.165, 1.54) is 6.26 Å². The second-order valence-electron chi connectivity index (χ2n) is 5.40. The van der Waals surface area contributed by atoms with E-state index in [2.05, 4.69) is 5.32 Å². The second-order valence-corrected chi connectivity index (χ2v) is 5.40. The Kier molecular flexibility index (Phi) is 5.61. The van der Waals surface area contributed by atoms with Crippen LogP contribution in [0.1, 0.15) is 43.9 Å². The van der Waals surface area contributed by atoms with Crippen LogP contribution in [0.15, 0.2) is 22.8 Å². The highest BCUT2D eigenvalue weighted by Crippen LogP contribution is 2.28. The normalized spacial score (nSPS) is 24.3. The van der Waals surface area contributed by atoms with Crippen molar-refractivity contribution in [1.29, 1.82) is 0 Å². The van der Waals surface area contributed by atoms with Crippen LogP contribution < -0.4 is 5.32 Å². The molecule has 0 aromatic carbocycles. The maximum atomic E-state index is 12.0. The third-order valence-electron chi connectivity index (χ3n) is 4.01. The predicted octanol–water partition coefficient (Wildman–Crippen LogP) is 2.02. The zero-order valence-electron chi connectivity index (χ0n) is 11.9. The van der Waals surface area contributed by atoms with Crippen molar-refractivity contribution in [2.75, 3.05) is 13.7 Å². The van der Waals surface area contributed by atoms with Gasteiger partial charge in [-0.1, -0.05) is 0 Å². The molecule has 0 radical (unpaired) electrons. The van der Waals surface area contributed by atoms with Gasteiger partial charge in [0.15, 0.2) is 0 Å². The van der Waals surface area contributed by atoms with Crippen molar-refractivity contribution >= 4 is 5.91 Å². The first-order valence-electron chi connectivity index (χ1n) is 7.19. The minimum Gasteiger partial charge on any atom is -0.467 e. The molecule has 1 aliphatic carbocycles. The minimum absolute atomic E-state index is 0.0266. The number of ether oxygens (including phenoxy) is 1. The van der Waals surface area contributed by atoms with Crippen molar-refractivity contribution in [2.24, 2.45) is 5.92 Å². The molecule has 1 aromatic rings. The highest BCUT2D eigenvalue weighted by Gasteiger charge is 2.24. The van der Waals surface area contributed by atoms with E-state index >= 15 is 0 Å². The molecule has 1 saturated carbocycles. The number of rotatable bonds is 6. The number of aliphatic hydroxyl groups is 1. The summed E-state index contributed by atoms with van der Waals surface area (Å²) in [5.41, 5.74) is 0. The van der Waals surface area contributed by atoms with E-state index in [1.54, 1.807) is 19.2 Å². The van der Waals surface area contributed by atoms with Crippen molar-refractivity contribution in [3.8, 4) is 0 Å². The summed E-state index contributed by atoms with van der Waals surface area (Å²) in [6, 6.07) is 3.05. The molecule has 1 heterocycles. The fourth-order valence-corrected chi connectivity index (χ4v) is 2.78. The zero-order chi connectivity index (χ0) is 14.4. The monoisotopic (exact) mass is 281 g/mol. The van der Waals surface area contributed by atoms with Gasteiger partial charge in [0.25, 0.3) is 0 Å². The summed E-state index contributed by atoms with van der Waals surface area (Å²) in [6.45, 7) is -0.157. The lowest BCUT2D eigenvalue weighted by atomic mass is 9.85. The van der Waals surface area contributed by atoms with E-state index in [-0.39, 0.29) is 12.5 Å². The fourth-order valence-electron chi connectivity index (χ4n) is 2.78. The van der Waals surface area contributed by atoms with Gasteiger partial charge in [-0.3, -0.25) is 4.79 Å². The quantitative estimate of drug-likeness (QED) is 0.837. The number of carbonyl (C=O) groups is 1. The summed E-state index contributed by atoms with van der Waals surface area (Å²) < 4.78 is 10.5. The Hall–Kier alpha value is -1.33. The Morgan fingerprint density at radius 3 is 2.80 bits per heavy atom. The molecule has 2 N–H and O–H groups in total. The van der Waals surface area contributed by atoms with Crippen LogP contribution in [-0.4, -0.2) is 30.8 Å². The van der Waals surface area contributed by atoms with Gasteiger partial charge in [-0.2, -0.15) is 0 Å². The number of carbonyl (C=O) groups excluding carboxylic acids is 1. The number of nitrogens with one attached hydrogen (secondary N) is 1. The van der Waals surface area contributed by atoms with Crippen molar-refractivity contribution in [3.05, 3.63) is 24.2 Å². The molecule has 1 unspecified atom stereocenters. The van der Waals surface area contributed by atoms with E-state index in [0.29, 0.717) is 24.2 Å². The predicted molar refractivity (Wildman–Crippen MR) is 74.0 cm³/mol. The average molecular weight is 281 g/mol. The lowest BCUT2D eigenvalue weighted by molar-refractivity contribution is -0.123. The molecule has 0 bridgehead atoms. The van der Waals surface area contributed by atoms with Crippen molar-refractivity contribution in [3.63, 3.8) is 0 Å². The summed E-state index contributed by atoms with van der Waals surface area (Å²) in [4.78, 5) is 12.0. The molecular formula is C15H23NO4. The van der Waals surface area contributed by atoms with E-state index < -0.39 is 6.04 Å². The summed E-state index contributed by atoms with van der Waals surface area (Å²) >= 11 is 0. The molecule has 2 rings (SSSR count). The van der Waals surface area contributed by atoms with Gasteiger partial charge in [0.1, 0.15) is 11.8 Å². The van der Waals surface area contributed by atoms with Crippen LogP contribution >= 0.6 is 0 Å². The van der Waals surface area contributed by atoms with Crippen LogP contribution in [0.4, 0.5) is 0 Å². The molecule has 5 heteroatoms. The standard InChI is InChI=1S/C15H23NO4/c1-19-12-6-4-11(5-7-12)9-15(18)16-13(10-17)14-3-2-8-20-14/h2-3,8,11-13,17H,4-7,9-10H2,1H3,(H,16,18). The van der Waals surface area contributed by atoms with Gasteiger partial charge < -0.3 is 19.6 Å². The number of amides is 1. The van der Waals surface area contributed by atoms with Gasteiger partial charge in [0.2, 0.25) is 5.91 Å². The van der Waals surface area contributed by atoms with E-state index in [1.807, 2.05) is 0 Å².